The van der Waals surface area contributed by atoms with Crippen LogP contribution in [0.2, 0.25) is 0 Å². The van der Waals surface area contributed by atoms with Crippen molar-refractivity contribution in [2.75, 3.05) is 11.9 Å². The van der Waals surface area contributed by atoms with Gasteiger partial charge in [0, 0.05) is 15.5 Å². The molecule has 1 aromatic heterocycles. The van der Waals surface area contributed by atoms with Crippen molar-refractivity contribution < 1.29 is 5.11 Å². The van der Waals surface area contributed by atoms with Gasteiger partial charge in [0.15, 0.2) is 0 Å². The van der Waals surface area contributed by atoms with Gasteiger partial charge in [-0.25, -0.2) is 9.97 Å². The van der Waals surface area contributed by atoms with Crippen LogP contribution >= 0.6 is 22.6 Å². The molecule has 2 aromatic rings. The summed E-state index contributed by atoms with van der Waals surface area (Å²) in [5.41, 5.74) is 0.906. The van der Waals surface area contributed by atoms with Gasteiger partial charge >= 0.3 is 0 Å². The second-order valence-corrected chi connectivity index (χ2v) is 4.86. The fourth-order valence-corrected chi connectivity index (χ4v) is 1.91. The first-order chi connectivity index (χ1) is 7.66. The Morgan fingerprint density at radius 2 is 2.25 bits per heavy atom. The Bertz CT molecular complexity index is 502. The fraction of sp³-hybridized carbons (Fsp3) is 0.273. The molecule has 0 unspecified atom stereocenters. The van der Waals surface area contributed by atoms with Crippen molar-refractivity contribution in [3.8, 4) is 0 Å². The first-order valence-corrected chi connectivity index (χ1v) is 6.07. The normalized spacial score (nSPS) is 12.7. The van der Waals surface area contributed by atoms with Gasteiger partial charge in [-0.15, -0.1) is 0 Å². The van der Waals surface area contributed by atoms with Crippen LogP contribution < -0.4 is 5.32 Å². The fourth-order valence-electron chi connectivity index (χ4n) is 1.41. The third-order valence-corrected chi connectivity index (χ3v) is 2.83. The molecule has 5 heteroatoms. The smallest absolute Gasteiger partial charge is 0.137 e. The first kappa shape index (κ1) is 11.5. The molecule has 2 N–H and O–H groups in total. The zero-order valence-electron chi connectivity index (χ0n) is 8.81. The molecule has 0 radical (unpaired) electrons. The molecule has 0 saturated heterocycles. The van der Waals surface area contributed by atoms with Crippen molar-refractivity contribution in [2.45, 2.75) is 13.0 Å². The van der Waals surface area contributed by atoms with Crippen LogP contribution in [0.25, 0.3) is 10.9 Å². The lowest BCUT2D eigenvalue weighted by Gasteiger charge is -2.09. The minimum Gasteiger partial charge on any atom is -0.392 e. The van der Waals surface area contributed by atoms with Gasteiger partial charge in [0.1, 0.15) is 12.1 Å². The van der Waals surface area contributed by atoms with Crippen LogP contribution in [0.4, 0.5) is 5.82 Å². The lowest BCUT2D eigenvalue weighted by Crippen LogP contribution is -2.16. The van der Waals surface area contributed by atoms with Crippen LogP contribution in [0.15, 0.2) is 24.5 Å². The third-order valence-electron chi connectivity index (χ3n) is 2.16. The molecule has 0 spiro atoms. The summed E-state index contributed by atoms with van der Waals surface area (Å²) in [5.74, 6) is 0.768. The number of nitrogens with zero attached hydrogens (tertiary/aromatic N) is 2. The van der Waals surface area contributed by atoms with Gasteiger partial charge < -0.3 is 10.4 Å². The Hall–Kier alpha value is -0.950. The van der Waals surface area contributed by atoms with E-state index in [4.69, 9.17) is 0 Å². The zero-order valence-corrected chi connectivity index (χ0v) is 11.0. The molecule has 16 heavy (non-hydrogen) atoms. The average molecular weight is 329 g/mol. The lowest BCUT2D eigenvalue weighted by atomic mass is 10.2. The van der Waals surface area contributed by atoms with Crippen molar-refractivity contribution in [3.63, 3.8) is 0 Å². The number of halogens is 1. The van der Waals surface area contributed by atoms with Gasteiger partial charge in [-0.2, -0.15) is 0 Å². The van der Waals surface area contributed by atoms with E-state index < -0.39 is 6.10 Å². The largest absolute Gasteiger partial charge is 0.392 e. The molecule has 0 aliphatic heterocycles. The molecule has 0 saturated carbocycles. The van der Waals surface area contributed by atoms with Crippen molar-refractivity contribution in [1.82, 2.24) is 9.97 Å². The highest BCUT2D eigenvalue weighted by Crippen LogP contribution is 2.21. The van der Waals surface area contributed by atoms with E-state index in [1.807, 2.05) is 18.2 Å². The number of anilines is 1. The number of aliphatic hydroxyl groups is 1. The van der Waals surface area contributed by atoms with E-state index in [-0.39, 0.29) is 0 Å². The highest BCUT2D eigenvalue weighted by atomic mass is 127. The Morgan fingerprint density at radius 1 is 1.44 bits per heavy atom. The average Bonchev–Trinajstić information content (AvgIpc) is 2.26. The van der Waals surface area contributed by atoms with Crippen molar-refractivity contribution >= 4 is 39.3 Å². The van der Waals surface area contributed by atoms with E-state index in [2.05, 4.69) is 37.9 Å². The maximum atomic E-state index is 9.23. The number of hydrogen-bond donors (Lipinski definition) is 2. The maximum absolute atomic E-state index is 9.23. The molecule has 0 aliphatic rings. The SMILES string of the molecule is C[C@@H](O)CNc1ncnc2ccc(I)cc12. The highest BCUT2D eigenvalue weighted by Gasteiger charge is 2.04. The van der Waals surface area contributed by atoms with Crippen molar-refractivity contribution in [1.29, 1.82) is 0 Å². The predicted octanol–water partition coefficient (Wildman–Crippen LogP) is 2.03. The molecule has 2 rings (SSSR count). The number of hydrogen-bond acceptors (Lipinski definition) is 4. The van der Waals surface area contributed by atoms with Gasteiger partial charge in [-0.3, -0.25) is 0 Å². The molecule has 0 aliphatic carbocycles. The van der Waals surface area contributed by atoms with E-state index in [0.29, 0.717) is 6.54 Å². The summed E-state index contributed by atoms with van der Waals surface area (Å²) < 4.78 is 1.14. The van der Waals surface area contributed by atoms with Crippen LogP contribution in [0.5, 0.6) is 0 Å². The van der Waals surface area contributed by atoms with E-state index in [1.165, 1.54) is 6.33 Å². The van der Waals surface area contributed by atoms with Crippen LogP contribution in [-0.4, -0.2) is 27.7 Å². The number of aromatic nitrogens is 2. The molecule has 0 bridgehead atoms. The highest BCUT2D eigenvalue weighted by molar-refractivity contribution is 14.1. The quantitative estimate of drug-likeness (QED) is 0.846. The summed E-state index contributed by atoms with van der Waals surface area (Å²) >= 11 is 2.25. The number of fused-ring (bicyclic) bond motifs is 1. The van der Waals surface area contributed by atoms with E-state index in [9.17, 15) is 5.11 Å². The van der Waals surface area contributed by atoms with Gasteiger partial charge in [0.05, 0.1) is 11.6 Å². The van der Waals surface area contributed by atoms with Crippen molar-refractivity contribution in [2.24, 2.45) is 0 Å². The van der Waals surface area contributed by atoms with Crippen LogP contribution in [-0.2, 0) is 0 Å². The minimum absolute atomic E-state index is 0.396. The summed E-state index contributed by atoms with van der Waals surface area (Å²) in [5, 5.41) is 13.3. The maximum Gasteiger partial charge on any atom is 0.137 e. The predicted molar refractivity (Wildman–Crippen MR) is 72.4 cm³/mol. The number of nitrogens with one attached hydrogen (secondary N) is 1. The van der Waals surface area contributed by atoms with E-state index in [0.717, 1.165) is 20.3 Å². The molecule has 1 heterocycles. The number of aliphatic hydroxyl groups excluding tert-OH is 1. The Morgan fingerprint density at radius 3 is 3.00 bits per heavy atom. The molecular weight excluding hydrogens is 317 g/mol. The summed E-state index contributed by atoms with van der Waals surface area (Å²) in [6.07, 6.45) is 1.13. The molecular formula is C11H12IN3O. The number of rotatable bonds is 3. The second-order valence-electron chi connectivity index (χ2n) is 3.61. The first-order valence-electron chi connectivity index (χ1n) is 4.99. The molecule has 0 amide bonds. The monoisotopic (exact) mass is 329 g/mol. The second kappa shape index (κ2) is 4.92. The Kier molecular flexibility index (Phi) is 3.55. The molecule has 1 atom stereocenters. The Balaban J connectivity index is 2.40. The van der Waals surface area contributed by atoms with Gasteiger partial charge in [-0.1, -0.05) is 0 Å². The molecule has 4 nitrogen and oxygen atoms in total. The van der Waals surface area contributed by atoms with Crippen LogP contribution in [0.1, 0.15) is 6.92 Å². The van der Waals surface area contributed by atoms with Gasteiger partial charge in [0.2, 0.25) is 0 Å². The topological polar surface area (TPSA) is 58.0 Å². The number of benzene rings is 1. The van der Waals surface area contributed by atoms with E-state index >= 15 is 0 Å². The Labute approximate surface area is 107 Å². The third kappa shape index (κ3) is 2.59. The van der Waals surface area contributed by atoms with Crippen LogP contribution in [0.3, 0.4) is 0 Å². The van der Waals surface area contributed by atoms with E-state index in [1.54, 1.807) is 6.92 Å². The zero-order chi connectivity index (χ0) is 11.5. The van der Waals surface area contributed by atoms with Crippen LogP contribution in [0, 0.1) is 3.57 Å². The minimum atomic E-state index is -0.396. The summed E-state index contributed by atoms with van der Waals surface area (Å²) in [6.45, 7) is 2.22. The van der Waals surface area contributed by atoms with Gasteiger partial charge in [0.25, 0.3) is 0 Å². The molecule has 0 fully saturated rings. The lowest BCUT2D eigenvalue weighted by molar-refractivity contribution is 0.208. The van der Waals surface area contributed by atoms with Crippen molar-refractivity contribution in [3.05, 3.63) is 28.1 Å². The summed E-state index contributed by atoms with van der Waals surface area (Å²) in [7, 11) is 0. The molecule has 84 valence electrons. The molecule has 1 aromatic carbocycles. The standard InChI is InChI=1S/C11H12IN3O/c1-7(16)5-13-11-9-4-8(12)2-3-10(9)14-6-15-11/h2-4,6-7,16H,5H2,1H3,(H,13,14,15)/t7-/m1/s1. The summed E-state index contributed by atoms with van der Waals surface area (Å²) in [6, 6.07) is 6.00. The summed E-state index contributed by atoms with van der Waals surface area (Å²) in [4.78, 5) is 8.38. The van der Waals surface area contributed by atoms with Gasteiger partial charge in [-0.05, 0) is 47.7 Å².